The number of hydrogen-bond acceptors (Lipinski definition) is 3. The van der Waals surface area contributed by atoms with E-state index in [-0.39, 0.29) is 5.75 Å². The molecule has 0 atom stereocenters. The molecule has 7 heteroatoms. The van der Waals surface area contributed by atoms with E-state index in [9.17, 15) is 8.78 Å². The normalized spacial score (nSPS) is 11.3. The minimum Gasteiger partial charge on any atom is -0.434 e. The lowest BCUT2D eigenvalue weighted by Gasteiger charge is -2.13. The summed E-state index contributed by atoms with van der Waals surface area (Å²) in [6.07, 6.45) is 1.71. The number of para-hydroxylation sites is 1. The minimum absolute atomic E-state index is 0.164. The number of aryl methyl sites for hydroxylation is 1. The van der Waals surface area contributed by atoms with Crippen LogP contribution in [-0.2, 0) is 6.54 Å². The van der Waals surface area contributed by atoms with E-state index >= 15 is 0 Å². The predicted octanol–water partition coefficient (Wildman–Crippen LogP) is 5.71. The summed E-state index contributed by atoms with van der Waals surface area (Å²) in [5.41, 5.74) is 4.28. The Labute approximate surface area is 165 Å². The molecule has 4 aromatic rings. The second-order valence-electron chi connectivity index (χ2n) is 6.30. The van der Waals surface area contributed by atoms with Crippen molar-refractivity contribution in [3.63, 3.8) is 0 Å². The molecule has 2 heterocycles. The van der Waals surface area contributed by atoms with Gasteiger partial charge in [0.25, 0.3) is 0 Å². The summed E-state index contributed by atoms with van der Waals surface area (Å²) in [6.45, 7) is -0.612. The largest absolute Gasteiger partial charge is 0.434 e. The summed E-state index contributed by atoms with van der Waals surface area (Å²) in [5, 5.41) is 0.432. The van der Waals surface area contributed by atoms with Crippen molar-refractivity contribution in [2.75, 3.05) is 0 Å². The van der Waals surface area contributed by atoms with Crippen molar-refractivity contribution in [1.82, 2.24) is 14.5 Å². The fourth-order valence-corrected chi connectivity index (χ4v) is 3.30. The molecule has 0 unspecified atom stereocenters. The smallest absolute Gasteiger partial charge is 0.387 e. The second kappa shape index (κ2) is 7.56. The average Bonchev–Trinajstić information content (AvgIpc) is 2.98. The Bertz CT molecular complexity index is 1130. The van der Waals surface area contributed by atoms with Crippen LogP contribution in [0.4, 0.5) is 8.78 Å². The third-order valence-electron chi connectivity index (χ3n) is 4.52. The number of pyridine rings is 1. The summed E-state index contributed by atoms with van der Waals surface area (Å²) in [4.78, 5) is 8.71. The first-order chi connectivity index (χ1) is 13.5. The zero-order chi connectivity index (χ0) is 19.7. The van der Waals surface area contributed by atoms with Crippen LogP contribution in [0.3, 0.4) is 0 Å². The number of rotatable bonds is 5. The standard InChI is InChI=1S/C21H16ClF2N3O/c1-13-26-17-8-6-14(15-7-9-20(22)25-11-15)10-18(17)27(13)12-16-4-2-3-5-19(16)28-21(23)24/h2-11,21H,12H2,1H3. The molecule has 0 amide bonds. The van der Waals surface area contributed by atoms with Gasteiger partial charge in [-0.25, -0.2) is 9.97 Å². The summed E-state index contributed by atoms with van der Waals surface area (Å²) >= 11 is 5.87. The van der Waals surface area contributed by atoms with Crippen molar-refractivity contribution >= 4 is 22.6 Å². The van der Waals surface area contributed by atoms with E-state index < -0.39 is 6.61 Å². The molecule has 0 bridgehead atoms. The van der Waals surface area contributed by atoms with E-state index in [1.807, 2.05) is 35.8 Å². The van der Waals surface area contributed by atoms with E-state index in [2.05, 4.69) is 14.7 Å². The van der Waals surface area contributed by atoms with Crippen molar-refractivity contribution in [2.24, 2.45) is 0 Å². The number of imidazole rings is 1. The van der Waals surface area contributed by atoms with E-state index in [4.69, 9.17) is 11.6 Å². The first-order valence-electron chi connectivity index (χ1n) is 8.63. The molecular formula is C21H16ClF2N3O. The van der Waals surface area contributed by atoms with E-state index in [0.29, 0.717) is 17.3 Å². The molecule has 142 valence electrons. The van der Waals surface area contributed by atoms with Crippen LogP contribution >= 0.6 is 11.6 Å². The molecule has 2 aromatic carbocycles. The molecule has 4 nitrogen and oxygen atoms in total. The lowest BCUT2D eigenvalue weighted by Crippen LogP contribution is -2.08. The molecule has 0 aliphatic heterocycles. The third kappa shape index (κ3) is 3.68. The van der Waals surface area contributed by atoms with Crippen LogP contribution in [0.5, 0.6) is 5.75 Å². The maximum atomic E-state index is 12.7. The lowest BCUT2D eigenvalue weighted by atomic mass is 10.1. The summed E-state index contributed by atoms with van der Waals surface area (Å²) in [5.74, 6) is 0.949. The van der Waals surface area contributed by atoms with Crippen LogP contribution in [0, 0.1) is 6.92 Å². The van der Waals surface area contributed by atoms with Gasteiger partial charge in [0.15, 0.2) is 0 Å². The van der Waals surface area contributed by atoms with Crippen molar-refractivity contribution in [2.45, 2.75) is 20.1 Å². The van der Waals surface area contributed by atoms with Crippen LogP contribution in [0.15, 0.2) is 60.8 Å². The number of alkyl halides is 2. The number of fused-ring (bicyclic) bond motifs is 1. The molecule has 0 saturated carbocycles. The molecule has 4 rings (SSSR count). The molecule has 0 spiro atoms. The molecule has 0 saturated heterocycles. The highest BCUT2D eigenvalue weighted by atomic mass is 35.5. The SMILES string of the molecule is Cc1nc2ccc(-c3ccc(Cl)nc3)cc2n1Cc1ccccc1OC(F)F. The van der Waals surface area contributed by atoms with Crippen molar-refractivity contribution in [3.8, 4) is 16.9 Å². The van der Waals surface area contributed by atoms with Gasteiger partial charge in [0.05, 0.1) is 17.6 Å². The van der Waals surface area contributed by atoms with Gasteiger partial charge in [-0.15, -0.1) is 0 Å². The Morgan fingerprint density at radius 2 is 1.86 bits per heavy atom. The third-order valence-corrected chi connectivity index (χ3v) is 4.74. The molecule has 0 aliphatic rings. The molecule has 28 heavy (non-hydrogen) atoms. The summed E-state index contributed by atoms with van der Waals surface area (Å²) in [6, 6.07) is 16.3. The van der Waals surface area contributed by atoms with Gasteiger partial charge in [-0.05, 0) is 42.8 Å². The predicted molar refractivity (Wildman–Crippen MR) is 105 cm³/mol. The topological polar surface area (TPSA) is 39.9 Å². The molecule has 0 N–H and O–H groups in total. The van der Waals surface area contributed by atoms with Gasteiger partial charge >= 0.3 is 6.61 Å². The summed E-state index contributed by atoms with van der Waals surface area (Å²) < 4.78 is 32.1. The van der Waals surface area contributed by atoms with Gasteiger partial charge in [-0.3, -0.25) is 0 Å². The van der Waals surface area contributed by atoms with Crippen LogP contribution in [0.2, 0.25) is 5.15 Å². The second-order valence-corrected chi connectivity index (χ2v) is 6.69. The Morgan fingerprint density at radius 3 is 2.61 bits per heavy atom. The fourth-order valence-electron chi connectivity index (χ4n) is 3.18. The molecule has 0 radical (unpaired) electrons. The highest BCUT2D eigenvalue weighted by Crippen LogP contribution is 2.28. The number of halogens is 3. The van der Waals surface area contributed by atoms with Gasteiger partial charge in [-0.1, -0.05) is 35.9 Å². The molecule has 2 aromatic heterocycles. The first-order valence-corrected chi connectivity index (χ1v) is 9.00. The van der Waals surface area contributed by atoms with E-state index in [1.165, 1.54) is 0 Å². The molecular weight excluding hydrogens is 384 g/mol. The average molecular weight is 400 g/mol. The first kappa shape index (κ1) is 18.4. The molecule has 0 aliphatic carbocycles. The van der Waals surface area contributed by atoms with Crippen LogP contribution in [-0.4, -0.2) is 21.1 Å². The Hall–Kier alpha value is -2.99. The maximum absolute atomic E-state index is 12.7. The van der Waals surface area contributed by atoms with Crippen LogP contribution in [0.25, 0.3) is 22.2 Å². The number of aromatic nitrogens is 3. The summed E-state index contributed by atoms with van der Waals surface area (Å²) in [7, 11) is 0. The Kier molecular flexibility index (Phi) is 4.96. The van der Waals surface area contributed by atoms with Crippen molar-refractivity contribution in [3.05, 3.63) is 77.3 Å². The Morgan fingerprint density at radius 1 is 1.07 bits per heavy atom. The maximum Gasteiger partial charge on any atom is 0.387 e. The van der Waals surface area contributed by atoms with Crippen LogP contribution in [0.1, 0.15) is 11.4 Å². The van der Waals surface area contributed by atoms with Gasteiger partial charge in [0.2, 0.25) is 0 Å². The lowest BCUT2D eigenvalue weighted by molar-refractivity contribution is -0.0504. The number of ether oxygens (including phenoxy) is 1. The Balaban J connectivity index is 1.76. The molecule has 0 fully saturated rings. The highest BCUT2D eigenvalue weighted by molar-refractivity contribution is 6.29. The van der Waals surface area contributed by atoms with E-state index in [0.717, 1.165) is 28.0 Å². The van der Waals surface area contributed by atoms with Crippen molar-refractivity contribution in [1.29, 1.82) is 0 Å². The zero-order valence-electron chi connectivity index (χ0n) is 14.9. The minimum atomic E-state index is -2.87. The van der Waals surface area contributed by atoms with Crippen molar-refractivity contribution < 1.29 is 13.5 Å². The van der Waals surface area contributed by atoms with Gasteiger partial charge < -0.3 is 9.30 Å². The van der Waals surface area contributed by atoms with Crippen LogP contribution < -0.4 is 4.74 Å². The van der Waals surface area contributed by atoms with Gasteiger partial charge in [0, 0.05) is 17.3 Å². The zero-order valence-corrected chi connectivity index (χ0v) is 15.7. The number of hydrogen-bond donors (Lipinski definition) is 0. The van der Waals surface area contributed by atoms with E-state index in [1.54, 1.807) is 36.5 Å². The quantitative estimate of drug-likeness (QED) is 0.403. The van der Waals surface area contributed by atoms with Gasteiger partial charge in [0.1, 0.15) is 16.7 Å². The highest BCUT2D eigenvalue weighted by Gasteiger charge is 2.14. The number of benzene rings is 2. The van der Waals surface area contributed by atoms with Gasteiger partial charge in [-0.2, -0.15) is 8.78 Å². The monoisotopic (exact) mass is 399 g/mol. The fraction of sp³-hybridized carbons (Fsp3) is 0.143. The number of nitrogens with zero attached hydrogens (tertiary/aromatic N) is 3.